The maximum atomic E-state index is 12.8. The Hall–Kier alpha value is -2.91. The van der Waals surface area contributed by atoms with Crippen molar-refractivity contribution in [2.75, 3.05) is 20.2 Å². The zero-order chi connectivity index (χ0) is 23.3. The van der Waals surface area contributed by atoms with Gasteiger partial charge in [0, 0.05) is 39.5 Å². The highest BCUT2D eigenvalue weighted by Crippen LogP contribution is 2.23. The van der Waals surface area contributed by atoms with Crippen LogP contribution in [0.25, 0.3) is 11.0 Å². The van der Waals surface area contributed by atoms with Crippen LogP contribution in [0.5, 0.6) is 5.75 Å². The number of rotatable bonds is 10. The lowest BCUT2D eigenvalue weighted by Crippen LogP contribution is -2.30. The molecule has 0 saturated heterocycles. The first-order chi connectivity index (χ1) is 15.3. The Morgan fingerprint density at radius 2 is 1.91 bits per heavy atom. The van der Waals surface area contributed by atoms with E-state index in [2.05, 4.69) is 10.3 Å². The van der Waals surface area contributed by atoms with Crippen LogP contribution in [0.3, 0.4) is 0 Å². The molecule has 1 amide bonds. The molecule has 172 valence electrons. The van der Waals surface area contributed by atoms with Crippen LogP contribution in [0.4, 0.5) is 0 Å². The van der Waals surface area contributed by atoms with Crippen molar-refractivity contribution in [2.45, 2.75) is 38.1 Å². The quantitative estimate of drug-likeness (QED) is 0.504. The van der Waals surface area contributed by atoms with E-state index < -0.39 is 10.0 Å². The number of ether oxygens (including phenoxy) is 1. The molecule has 0 saturated carbocycles. The Morgan fingerprint density at radius 3 is 2.59 bits per heavy atom. The van der Waals surface area contributed by atoms with Gasteiger partial charge in [0.1, 0.15) is 11.6 Å². The molecule has 0 bridgehead atoms. The second-order valence-corrected chi connectivity index (χ2v) is 9.39. The number of benzene rings is 2. The Labute approximate surface area is 189 Å². The number of methoxy groups -OCH3 is 1. The highest BCUT2D eigenvalue weighted by atomic mass is 32.2. The largest absolute Gasteiger partial charge is 0.497 e. The van der Waals surface area contributed by atoms with Gasteiger partial charge in [-0.1, -0.05) is 26.0 Å². The molecule has 0 aliphatic carbocycles. The number of sulfonamides is 1. The minimum absolute atomic E-state index is 0.0790. The zero-order valence-electron chi connectivity index (χ0n) is 19.0. The summed E-state index contributed by atoms with van der Waals surface area (Å²) in [7, 11) is -0.0697. The van der Waals surface area contributed by atoms with Crippen molar-refractivity contribution in [3.05, 3.63) is 53.9 Å². The van der Waals surface area contributed by atoms with Crippen LogP contribution in [0.2, 0.25) is 0 Å². The predicted molar refractivity (Wildman–Crippen MR) is 124 cm³/mol. The minimum atomic E-state index is -3.55. The Kier molecular flexibility index (Phi) is 7.52. The first-order valence-electron chi connectivity index (χ1n) is 10.6. The number of nitrogens with zero attached hydrogens (tertiary/aromatic N) is 3. The SMILES string of the molecule is CCN(CC)S(=O)(=O)c1ccc2c(c1)nc(CCC(=O)NCc1cccc(OC)c1)n2C. The number of carbonyl (C=O) groups excluding carboxylic acids is 1. The average Bonchev–Trinajstić information content (AvgIpc) is 3.12. The predicted octanol–water partition coefficient (Wildman–Crippen LogP) is 2.86. The molecular weight excluding hydrogens is 428 g/mol. The third kappa shape index (κ3) is 5.11. The van der Waals surface area contributed by atoms with Crippen molar-refractivity contribution < 1.29 is 17.9 Å². The summed E-state index contributed by atoms with van der Waals surface area (Å²) < 4.78 is 34.1. The lowest BCUT2D eigenvalue weighted by Gasteiger charge is -2.18. The van der Waals surface area contributed by atoms with Gasteiger partial charge in [-0.05, 0) is 35.9 Å². The first-order valence-corrected chi connectivity index (χ1v) is 12.1. The number of nitrogens with one attached hydrogen (secondary N) is 1. The van der Waals surface area contributed by atoms with Crippen LogP contribution < -0.4 is 10.1 Å². The van der Waals surface area contributed by atoms with Gasteiger partial charge in [-0.2, -0.15) is 4.31 Å². The van der Waals surface area contributed by atoms with Gasteiger partial charge in [-0.3, -0.25) is 4.79 Å². The molecule has 0 unspecified atom stereocenters. The van der Waals surface area contributed by atoms with Crippen LogP contribution in [0, 0.1) is 0 Å². The van der Waals surface area contributed by atoms with Crippen LogP contribution in [-0.4, -0.2) is 48.4 Å². The van der Waals surface area contributed by atoms with Crippen LogP contribution >= 0.6 is 0 Å². The van der Waals surface area contributed by atoms with Crippen molar-refractivity contribution in [1.82, 2.24) is 19.2 Å². The second-order valence-electron chi connectivity index (χ2n) is 7.46. The maximum absolute atomic E-state index is 12.8. The van der Waals surface area contributed by atoms with Gasteiger partial charge in [-0.25, -0.2) is 13.4 Å². The molecule has 8 nitrogen and oxygen atoms in total. The number of carbonyl (C=O) groups is 1. The smallest absolute Gasteiger partial charge is 0.243 e. The first kappa shape index (κ1) is 23.7. The molecule has 9 heteroatoms. The van der Waals surface area contributed by atoms with Crippen molar-refractivity contribution >= 4 is 27.0 Å². The van der Waals surface area contributed by atoms with Crippen molar-refractivity contribution in [2.24, 2.45) is 7.05 Å². The third-order valence-corrected chi connectivity index (χ3v) is 7.53. The average molecular weight is 459 g/mol. The highest BCUT2D eigenvalue weighted by Gasteiger charge is 2.22. The molecule has 1 heterocycles. The lowest BCUT2D eigenvalue weighted by molar-refractivity contribution is -0.121. The summed E-state index contributed by atoms with van der Waals surface area (Å²) in [5, 5.41) is 2.91. The molecule has 0 aliphatic heterocycles. The van der Waals surface area contributed by atoms with E-state index in [4.69, 9.17) is 4.74 Å². The van der Waals surface area contributed by atoms with E-state index in [1.54, 1.807) is 25.3 Å². The van der Waals surface area contributed by atoms with E-state index in [1.807, 2.05) is 49.7 Å². The fraction of sp³-hybridized carbons (Fsp3) is 0.391. The molecule has 2 aromatic carbocycles. The summed E-state index contributed by atoms with van der Waals surface area (Å²) in [6.07, 6.45) is 0.735. The fourth-order valence-electron chi connectivity index (χ4n) is 3.62. The van der Waals surface area contributed by atoms with E-state index >= 15 is 0 Å². The molecule has 0 atom stereocenters. The number of aryl methyl sites for hydroxylation is 2. The van der Waals surface area contributed by atoms with Crippen molar-refractivity contribution in [1.29, 1.82) is 0 Å². The van der Waals surface area contributed by atoms with Crippen molar-refractivity contribution in [3.63, 3.8) is 0 Å². The standard InChI is InChI=1S/C23H30N4O4S/c1-5-27(6-2)32(29,30)19-10-11-21-20(15-19)25-22(26(21)3)12-13-23(28)24-16-17-8-7-9-18(14-17)31-4/h7-11,14-15H,5-6,12-13,16H2,1-4H3,(H,24,28). The Balaban J connectivity index is 1.68. The van der Waals surface area contributed by atoms with Gasteiger partial charge in [0.15, 0.2) is 0 Å². The van der Waals surface area contributed by atoms with Gasteiger partial charge in [0.05, 0.1) is 23.0 Å². The van der Waals surface area contributed by atoms with E-state index in [1.165, 1.54) is 4.31 Å². The number of imidazole rings is 1. The molecular formula is C23H30N4O4S. The van der Waals surface area contributed by atoms with Crippen LogP contribution in [0.1, 0.15) is 31.7 Å². The minimum Gasteiger partial charge on any atom is -0.497 e. The molecule has 0 fully saturated rings. The van der Waals surface area contributed by atoms with Gasteiger partial charge >= 0.3 is 0 Å². The van der Waals surface area contributed by atoms with E-state index in [0.717, 1.165) is 22.7 Å². The van der Waals surface area contributed by atoms with E-state index in [0.29, 0.717) is 31.6 Å². The Bertz CT molecular complexity index is 1200. The molecule has 1 aromatic heterocycles. The maximum Gasteiger partial charge on any atom is 0.243 e. The molecule has 32 heavy (non-hydrogen) atoms. The number of hydrogen-bond donors (Lipinski definition) is 1. The van der Waals surface area contributed by atoms with Gasteiger partial charge in [0.25, 0.3) is 0 Å². The molecule has 1 N–H and O–H groups in total. The summed E-state index contributed by atoms with van der Waals surface area (Å²) in [5.41, 5.74) is 2.39. The second kappa shape index (κ2) is 10.1. The van der Waals surface area contributed by atoms with E-state index in [9.17, 15) is 13.2 Å². The summed E-state index contributed by atoms with van der Waals surface area (Å²) in [4.78, 5) is 17.2. The monoisotopic (exact) mass is 458 g/mol. The summed E-state index contributed by atoms with van der Waals surface area (Å²) in [6.45, 7) is 4.88. The molecule has 3 aromatic rings. The molecule has 0 aliphatic rings. The molecule has 0 radical (unpaired) electrons. The zero-order valence-corrected chi connectivity index (χ0v) is 19.8. The fourth-order valence-corrected chi connectivity index (χ4v) is 5.10. The van der Waals surface area contributed by atoms with Crippen molar-refractivity contribution in [3.8, 4) is 5.75 Å². The number of fused-ring (bicyclic) bond motifs is 1. The number of aromatic nitrogens is 2. The third-order valence-electron chi connectivity index (χ3n) is 5.49. The van der Waals surface area contributed by atoms with Crippen LogP contribution in [-0.2, 0) is 34.8 Å². The van der Waals surface area contributed by atoms with Gasteiger partial charge < -0.3 is 14.6 Å². The summed E-state index contributed by atoms with van der Waals surface area (Å²) in [5.74, 6) is 1.40. The number of hydrogen-bond acceptors (Lipinski definition) is 5. The molecule has 3 rings (SSSR count). The highest BCUT2D eigenvalue weighted by molar-refractivity contribution is 7.89. The van der Waals surface area contributed by atoms with Gasteiger partial charge in [0.2, 0.25) is 15.9 Å². The summed E-state index contributed by atoms with van der Waals surface area (Å²) >= 11 is 0. The normalized spacial score (nSPS) is 11.8. The molecule has 0 spiro atoms. The topological polar surface area (TPSA) is 93.5 Å². The number of amides is 1. The Morgan fingerprint density at radius 1 is 1.16 bits per heavy atom. The van der Waals surface area contributed by atoms with Gasteiger partial charge in [-0.15, -0.1) is 0 Å². The lowest BCUT2D eigenvalue weighted by atomic mass is 10.2. The van der Waals surface area contributed by atoms with E-state index in [-0.39, 0.29) is 17.2 Å². The van der Waals surface area contributed by atoms with Crippen LogP contribution in [0.15, 0.2) is 47.4 Å². The summed E-state index contributed by atoms with van der Waals surface area (Å²) in [6, 6.07) is 12.5.